The lowest BCUT2D eigenvalue weighted by Crippen LogP contribution is -2.99. The van der Waals surface area contributed by atoms with E-state index in [1.165, 1.54) is 36.4 Å². The Morgan fingerprint density at radius 1 is 1.17 bits per heavy atom. The summed E-state index contributed by atoms with van der Waals surface area (Å²) in [6.07, 6.45) is 0. The van der Waals surface area contributed by atoms with Gasteiger partial charge in [0.25, 0.3) is 0 Å². The summed E-state index contributed by atoms with van der Waals surface area (Å²) < 4.78 is 24.7. The number of hydrogen-bond donors (Lipinski definition) is 4. The van der Waals surface area contributed by atoms with Crippen molar-refractivity contribution in [2.75, 3.05) is 5.73 Å². The van der Waals surface area contributed by atoms with Gasteiger partial charge in [-0.25, -0.2) is 18.4 Å². The highest BCUT2D eigenvalue weighted by atomic mass is 32.2. The smallest absolute Gasteiger partial charge is 0.335 e. The molecular weight excluding hydrogens is 324 g/mol. The lowest BCUT2D eigenvalue weighted by molar-refractivity contribution is -0.991. The number of anilines is 1. The van der Waals surface area contributed by atoms with Crippen molar-refractivity contribution >= 4 is 27.2 Å². The van der Waals surface area contributed by atoms with Crippen LogP contribution >= 0.6 is 0 Å². The Morgan fingerprint density at radius 2 is 1.78 bits per heavy atom. The van der Waals surface area contributed by atoms with Crippen LogP contribution in [-0.4, -0.2) is 24.7 Å². The van der Waals surface area contributed by atoms with Crippen LogP contribution in [0.15, 0.2) is 47.4 Å². The van der Waals surface area contributed by atoms with E-state index < -0.39 is 26.8 Å². The molecule has 0 bridgehead atoms. The van der Waals surface area contributed by atoms with Gasteiger partial charge in [-0.15, -0.1) is 0 Å². The van der Waals surface area contributed by atoms with E-state index in [4.69, 9.17) is 10.8 Å². The molecule has 122 valence electrons. The molecule has 8 nitrogen and oxygen atoms in total. The quantitative estimate of drug-likeness (QED) is 0.454. The fraction of sp³-hybridized carbons (Fsp3) is 0.0714. The summed E-state index contributed by atoms with van der Waals surface area (Å²) in [5, 5.41) is 27.9. The van der Waals surface area contributed by atoms with Crippen molar-refractivity contribution < 1.29 is 28.8 Å². The lowest BCUT2D eigenvalue weighted by Gasteiger charge is -2.16. The molecule has 1 atom stereocenters. The maximum absolute atomic E-state index is 12.4. The molecule has 5 N–H and O–H groups in total. The van der Waals surface area contributed by atoms with Crippen molar-refractivity contribution in [1.29, 1.82) is 0 Å². The van der Waals surface area contributed by atoms with Crippen molar-refractivity contribution in [1.82, 2.24) is 0 Å². The third-order valence-electron chi connectivity index (χ3n) is 3.17. The maximum Gasteiger partial charge on any atom is 0.335 e. The number of carbonyl (C=O) groups is 1. The van der Waals surface area contributed by atoms with Crippen LogP contribution in [0.5, 0.6) is 0 Å². The van der Waals surface area contributed by atoms with E-state index in [9.17, 15) is 23.6 Å². The maximum atomic E-state index is 12.4. The third-order valence-corrected chi connectivity index (χ3v) is 4.85. The first-order valence-corrected chi connectivity index (χ1v) is 8.04. The minimum Gasteiger partial charge on any atom is -0.595 e. The Bertz CT molecular complexity index is 831. The van der Waals surface area contributed by atoms with Gasteiger partial charge in [0.1, 0.15) is 0 Å². The van der Waals surface area contributed by atoms with E-state index in [2.05, 4.69) is 0 Å². The normalized spacial score (nSPS) is 12.8. The molecule has 2 aromatic rings. The number of carboxylic acid groups (broad SMARTS) is 1. The van der Waals surface area contributed by atoms with Crippen molar-refractivity contribution in [2.45, 2.75) is 10.6 Å². The number of benzene rings is 2. The first kappa shape index (κ1) is 16.9. The predicted octanol–water partition coefficient (Wildman–Crippen LogP) is 0.344. The summed E-state index contributed by atoms with van der Waals surface area (Å²) in [7, 11) is -3.79. The van der Waals surface area contributed by atoms with Crippen molar-refractivity contribution in [3.05, 3.63) is 58.8 Å². The fourth-order valence-electron chi connectivity index (χ4n) is 2.00. The first-order valence-electron chi connectivity index (χ1n) is 6.38. The molecule has 9 heteroatoms. The number of sulfone groups is 1. The zero-order chi connectivity index (χ0) is 17.2. The molecule has 0 aliphatic carbocycles. The zero-order valence-corrected chi connectivity index (χ0v) is 12.6. The van der Waals surface area contributed by atoms with Crippen molar-refractivity contribution in [3.63, 3.8) is 0 Å². The minimum absolute atomic E-state index is 0.00495. The monoisotopic (exact) mass is 338 g/mol. The van der Waals surface area contributed by atoms with E-state index in [0.717, 1.165) is 6.07 Å². The second-order valence-corrected chi connectivity index (χ2v) is 6.80. The summed E-state index contributed by atoms with van der Waals surface area (Å²) in [4.78, 5) is 10.9. The summed E-state index contributed by atoms with van der Waals surface area (Å²) in [6, 6.07) is 8.83. The Morgan fingerprint density at radius 3 is 2.30 bits per heavy atom. The largest absolute Gasteiger partial charge is 0.595 e. The van der Waals surface area contributed by atoms with E-state index >= 15 is 0 Å². The van der Waals surface area contributed by atoms with Gasteiger partial charge in [-0.3, -0.25) is 0 Å². The average Bonchev–Trinajstić information content (AvgIpc) is 2.47. The zero-order valence-electron chi connectivity index (χ0n) is 11.8. The van der Waals surface area contributed by atoms with Crippen LogP contribution in [0.3, 0.4) is 0 Å². The summed E-state index contributed by atoms with van der Waals surface area (Å²) in [6.45, 7) is 0. The molecule has 0 heterocycles. The standard InChI is InChI=1S/C14H14N2O6S/c15-11-3-5-12(6-4-11)23(21,22)8-10-2-1-9(14(17)18)7-13(10)16(19)20/h1-7,16,19H,8,15H2,(H,17,18). The van der Waals surface area contributed by atoms with Gasteiger partial charge in [0.05, 0.1) is 16.2 Å². The number of nitrogens with one attached hydrogen (secondary N) is 1. The second-order valence-electron chi connectivity index (χ2n) is 4.81. The molecule has 0 aliphatic rings. The van der Waals surface area contributed by atoms with Crippen LogP contribution in [0.4, 0.5) is 11.4 Å². The third kappa shape index (κ3) is 3.85. The molecule has 0 aliphatic heterocycles. The van der Waals surface area contributed by atoms with Crippen molar-refractivity contribution in [3.8, 4) is 0 Å². The Kier molecular flexibility index (Phi) is 4.66. The molecule has 0 aromatic heterocycles. The van der Waals surface area contributed by atoms with Crippen LogP contribution < -0.4 is 11.0 Å². The van der Waals surface area contributed by atoms with Crippen LogP contribution in [0.2, 0.25) is 0 Å². The minimum atomic E-state index is -3.79. The SMILES string of the molecule is Nc1ccc(S(=O)(=O)Cc2ccc(C(=O)O)cc2[NH+]([O-])O)cc1. The van der Waals surface area contributed by atoms with Crippen LogP contribution in [0.1, 0.15) is 15.9 Å². The average molecular weight is 338 g/mol. The van der Waals surface area contributed by atoms with Gasteiger partial charge in [-0.2, -0.15) is 5.23 Å². The number of hydrogen-bond acceptors (Lipinski definition) is 6. The predicted molar refractivity (Wildman–Crippen MR) is 80.9 cm³/mol. The highest BCUT2D eigenvalue weighted by molar-refractivity contribution is 7.90. The summed E-state index contributed by atoms with van der Waals surface area (Å²) in [5.41, 5.74) is 5.34. The Balaban J connectivity index is 2.42. The number of aromatic carboxylic acids is 1. The molecule has 0 saturated carbocycles. The first-order chi connectivity index (χ1) is 10.7. The number of carboxylic acids is 1. The second kappa shape index (κ2) is 6.34. The lowest BCUT2D eigenvalue weighted by atomic mass is 10.1. The fourth-order valence-corrected chi connectivity index (χ4v) is 3.38. The molecule has 1 unspecified atom stereocenters. The molecule has 23 heavy (non-hydrogen) atoms. The molecule has 0 fully saturated rings. The Hall–Kier alpha value is -2.46. The molecule has 0 saturated heterocycles. The number of quaternary nitrogens is 1. The highest BCUT2D eigenvalue weighted by Gasteiger charge is 2.21. The summed E-state index contributed by atoms with van der Waals surface area (Å²) >= 11 is 0. The molecule has 2 aromatic carbocycles. The number of rotatable bonds is 5. The van der Waals surface area contributed by atoms with Crippen LogP contribution in [-0.2, 0) is 15.6 Å². The molecule has 0 radical (unpaired) electrons. The van der Waals surface area contributed by atoms with Gasteiger partial charge in [0.2, 0.25) is 0 Å². The Labute approximate surface area is 131 Å². The van der Waals surface area contributed by atoms with E-state index in [1.807, 2.05) is 0 Å². The van der Waals surface area contributed by atoms with Gasteiger partial charge in [0.15, 0.2) is 15.5 Å². The molecule has 0 spiro atoms. The van der Waals surface area contributed by atoms with Crippen LogP contribution in [0, 0.1) is 5.21 Å². The molecular formula is C14H14N2O6S. The number of nitrogens with two attached hydrogens (primary N) is 1. The van der Waals surface area contributed by atoms with E-state index in [0.29, 0.717) is 5.69 Å². The molecule has 0 amide bonds. The van der Waals surface area contributed by atoms with E-state index in [1.54, 1.807) is 0 Å². The highest BCUT2D eigenvalue weighted by Crippen LogP contribution is 2.22. The number of nitrogen functional groups attached to an aromatic ring is 1. The van der Waals surface area contributed by atoms with Gasteiger partial charge in [-0.05, 0) is 30.3 Å². The van der Waals surface area contributed by atoms with Gasteiger partial charge >= 0.3 is 5.97 Å². The topological polar surface area (TPSA) is 145 Å². The molecule has 2 rings (SSSR count). The van der Waals surface area contributed by atoms with Gasteiger partial charge < -0.3 is 16.0 Å². The van der Waals surface area contributed by atoms with Crippen molar-refractivity contribution in [2.24, 2.45) is 0 Å². The summed E-state index contributed by atoms with van der Waals surface area (Å²) in [5.74, 6) is -1.85. The van der Waals surface area contributed by atoms with Gasteiger partial charge in [-0.1, -0.05) is 6.07 Å². The van der Waals surface area contributed by atoms with E-state index in [-0.39, 0.29) is 21.7 Å². The van der Waals surface area contributed by atoms with Crippen LogP contribution in [0.25, 0.3) is 0 Å². The van der Waals surface area contributed by atoms with Gasteiger partial charge in [0, 0.05) is 17.3 Å².